The van der Waals surface area contributed by atoms with Gasteiger partial charge in [-0.25, -0.2) is 9.48 Å². The van der Waals surface area contributed by atoms with E-state index in [1.54, 1.807) is 35.9 Å². The molecule has 0 unspecified atom stereocenters. The van der Waals surface area contributed by atoms with E-state index in [4.69, 9.17) is 4.74 Å². The summed E-state index contributed by atoms with van der Waals surface area (Å²) < 4.78 is 6.94. The van der Waals surface area contributed by atoms with Crippen molar-refractivity contribution in [2.24, 2.45) is 0 Å². The summed E-state index contributed by atoms with van der Waals surface area (Å²) in [4.78, 5) is 16.9. The average molecular weight is 328 g/mol. The summed E-state index contributed by atoms with van der Waals surface area (Å²) in [5, 5.41) is 17.0. The van der Waals surface area contributed by atoms with Crippen molar-refractivity contribution >= 4 is 11.9 Å². The van der Waals surface area contributed by atoms with Gasteiger partial charge in [0.15, 0.2) is 0 Å². The molecular weight excluding hydrogens is 308 g/mol. The molecule has 2 aromatic rings. The number of hydrogen-bond donors (Lipinski definition) is 2. The molecule has 0 saturated carbocycles. The number of aromatic hydroxyl groups is 1. The predicted octanol–water partition coefficient (Wildman–Crippen LogP) is 2.62. The van der Waals surface area contributed by atoms with E-state index in [0.29, 0.717) is 24.5 Å². The molecule has 1 atom stereocenters. The Bertz CT molecular complexity index is 764. The summed E-state index contributed by atoms with van der Waals surface area (Å²) in [6.07, 6.45) is 3.03. The van der Waals surface area contributed by atoms with Gasteiger partial charge in [-0.3, -0.25) is 0 Å². The lowest BCUT2D eigenvalue weighted by Gasteiger charge is -2.29. The van der Waals surface area contributed by atoms with Crippen LogP contribution in [0.1, 0.15) is 38.3 Å². The number of aromatic nitrogens is 3. The Kier molecular flexibility index (Phi) is 4.50. The number of nitrogens with zero attached hydrogens (tertiary/aromatic N) is 3. The number of anilines is 1. The van der Waals surface area contributed by atoms with Crippen LogP contribution in [0, 0.1) is 0 Å². The van der Waals surface area contributed by atoms with Crippen LogP contribution in [0.4, 0.5) is 5.95 Å². The molecule has 0 fully saturated rings. The van der Waals surface area contributed by atoms with Crippen molar-refractivity contribution in [1.29, 1.82) is 0 Å². The number of nitrogens with one attached hydrogen (secondary N) is 1. The maximum Gasteiger partial charge on any atom is 0.338 e. The fourth-order valence-corrected chi connectivity index (χ4v) is 2.87. The third-order valence-electron chi connectivity index (χ3n) is 3.88. The second-order valence-electron chi connectivity index (χ2n) is 5.51. The standard InChI is InChI=1S/C17H20N4O3/c1-3-5-13-14(16(23)24-4-2)15(11-6-8-12(22)9-7-11)21-17(20-13)18-10-19-21/h6-10,15,22H,3-5H2,1-2H3,(H,18,19,20)/t15-/m0/s1. The molecular formula is C17H20N4O3. The van der Waals surface area contributed by atoms with Gasteiger partial charge in [-0.1, -0.05) is 25.5 Å². The number of rotatable bonds is 5. The van der Waals surface area contributed by atoms with Gasteiger partial charge in [-0.05, 0) is 31.0 Å². The maximum atomic E-state index is 12.6. The number of carbonyl (C=O) groups excluding carboxylic acids is 1. The maximum absolute atomic E-state index is 12.6. The zero-order valence-electron chi connectivity index (χ0n) is 13.7. The van der Waals surface area contributed by atoms with Crippen molar-refractivity contribution < 1.29 is 14.6 Å². The number of benzene rings is 1. The molecule has 1 aliphatic rings. The number of esters is 1. The molecule has 0 saturated heterocycles. The highest BCUT2D eigenvalue weighted by molar-refractivity contribution is 5.92. The third-order valence-corrected chi connectivity index (χ3v) is 3.88. The molecule has 0 bridgehead atoms. The highest BCUT2D eigenvalue weighted by Crippen LogP contribution is 2.36. The van der Waals surface area contributed by atoms with Gasteiger partial charge in [0.2, 0.25) is 5.95 Å². The van der Waals surface area contributed by atoms with Crippen LogP contribution >= 0.6 is 0 Å². The first-order valence-electron chi connectivity index (χ1n) is 8.01. The lowest BCUT2D eigenvalue weighted by Crippen LogP contribution is -2.30. The summed E-state index contributed by atoms with van der Waals surface area (Å²) in [5.41, 5.74) is 2.16. The normalized spacial score (nSPS) is 16.5. The van der Waals surface area contributed by atoms with Gasteiger partial charge in [0.25, 0.3) is 0 Å². The molecule has 0 radical (unpaired) electrons. The summed E-state index contributed by atoms with van der Waals surface area (Å²) >= 11 is 0. The minimum Gasteiger partial charge on any atom is -0.508 e. The molecule has 0 spiro atoms. The van der Waals surface area contributed by atoms with E-state index in [1.165, 1.54) is 6.33 Å². The SMILES string of the molecule is CCCC1=C(C(=O)OCC)[C@H](c2ccc(O)cc2)n2ncnc2N1. The Morgan fingerprint density at radius 3 is 2.75 bits per heavy atom. The van der Waals surface area contributed by atoms with Crippen LogP contribution in [0.5, 0.6) is 5.75 Å². The number of hydrogen-bond acceptors (Lipinski definition) is 6. The van der Waals surface area contributed by atoms with Gasteiger partial charge >= 0.3 is 5.97 Å². The molecule has 0 amide bonds. The van der Waals surface area contributed by atoms with Gasteiger partial charge in [-0.2, -0.15) is 10.1 Å². The van der Waals surface area contributed by atoms with Crippen LogP contribution in [-0.2, 0) is 9.53 Å². The largest absolute Gasteiger partial charge is 0.508 e. The molecule has 1 aromatic heterocycles. The topological polar surface area (TPSA) is 89.3 Å². The lowest BCUT2D eigenvalue weighted by atomic mass is 9.94. The molecule has 1 aliphatic heterocycles. The van der Waals surface area contributed by atoms with Crippen molar-refractivity contribution in [2.75, 3.05) is 11.9 Å². The van der Waals surface area contributed by atoms with Crippen molar-refractivity contribution in [3.8, 4) is 5.75 Å². The monoisotopic (exact) mass is 328 g/mol. The van der Waals surface area contributed by atoms with Gasteiger partial charge in [0.05, 0.1) is 12.2 Å². The second kappa shape index (κ2) is 6.74. The highest BCUT2D eigenvalue weighted by Gasteiger charge is 2.35. The highest BCUT2D eigenvalue weighted by atomic mass is 16.5. The first kappa shape index (κ1) is 16.0. The summed E-state index contributed by atoms with van der Waals surface area (Å²) in [6, 6.07) is 6.30. The molecule has 1 aromatic carbocycles. The number of phenols is 1. The average Bonchev–Trinajstić information content (AvgIpc) is 3.03. The van der Waals surface area contributed by atoms with Crippen molar-refractivity contribution in [3.63, 3.8) is 0 Å². The van der Waals surface area contributed by atoms with Crippen LogP contribution in [0.2, 0.25) is 0 Å². The number of phenolic OH excluding ortho intramolecular Hbond substituents is 1. The number of fused-ring (bicyclic) bond motifs is 1. The Hall–Kier alpha value is -2.83. The quantitative estimate of drug-likeness (QED) is 0.820. The minimum atomic E-state index is -0.440. The molecule has 7 nitrogen and oxygen atoms in total. The number of allylic oxidation sites excluding steroid dienone is 1. The summed E-state index contributed by atoms with van der Waals surface area (Å²) in [6.45, 7) is 4.13. The molecule has 2 N–H and O–H groups in total. The van der Waals surface area contributed by atoms with Crippen LogP contribution in [0.3, 0.4) is 0 Å². The van der Waals surface area contributed by atoms with E-state index in [1.807, 2.05) is 6.92 Å². The fourth-order valence-electron chi connectivity index (χ4n) is 2.87. The third kappa shape index (κ3) is 2.84. The van der Waals surface area contributed by atoms with E-state index < -0.39 is 6.04 Å². The smallest absolute Gasteiger partial charge is 0.338 e. The van der Waals surface area contributed by atoms with Crippen LogP contribution in [0.15, 0.2) is 41.9 Å². The minimum absolute atomic E-state index is 0.168. The van der Waals surface area contributed by atoms with Crippen molar-refractivity contribution in [3.05, 3.63) is 47.4 Å². The zero-order valence-corrected chi connectivity index (χ0v) is 13.7. The van der Waals surface area contributed by atoms with Crippen LogP contribution in [0.25, 0.3) is 0 Å². The van der Waals surface area contributed by atoms with Gasteiger partial charge in [-0.15, -0.1) is 0 Å². The Morgan fingerprint density at radius 1 is 1.33 bits per heavy atom. The van der Waals surface area contributed by atoms with Crippen LogP contribution in [-0.4, -0.2) is 32.4 Å². The van der Waals surface area contributed by atoms with Crippen LogP contribution < -0.4 is 5.32 Å². The van der Waals surface area contributed by atoms with Gasteiger partial charge in [0.1, 0.15) is 18.1 Å². The molecule has 0 aliphatic carbocycles. The molecule has 7 heteroatoms. The first-order valence-corrected chi connectivity index (χ1v) is 8.01. The van der Waals surface area contributed by atoms with Gasteiger partial charge < -0.3 is 15.2 Å². The summed E-state index contributed by atoms with van der Waals surface area (Å²) in [5.74, 6) is 0.388. The molecule has 24 heavy (non-hydrogen) atoms. The lowest BCUT2D eigenvalue weighted by molar-refractivity contribution is -0.139. The van der Waals surface area contributed by atoms with E-state index >= 15 is 0 Å². The molecule has 126 valence electrons. The van der Waals surface area contributed by atoms with Crippen molar-refractivity contribution in [1.82, 2.24) is 14.8 Å². The zero-order chi connectivity index (χ0) is 17.1. The second-order valence-corrected chi connectivity index (χ2v) is 5.51. The Balaban J connectivity index is 2.15. The first-order chi connectivity index (χ1) is 11.7. The predicted molar refractivity (Wildman–Crippen MR) is 88.5 cm³/mol. The number of ether oxygens (including phenoxy) is 1. The molecule has 3 rings (SSSR count). The van der Waals surface area contributed by atoms with E-state index in [-0.39, 0.29) is 11.7 Å². The Morgan fingerprint density at radius 2 is 2.08 bits per heavy atom. The van der Waals surface area contributed by atoms with E-state index in [0.717, 1.165) is 17.7 Å². The van der Waals surface area contributed by atoms with E-state index in [9.17, 15) is 9.90 Å². The fraction of sp³-hybridized carbons (Fsp3) is 0.353. The van der Waals surface area contributed by atoms with E-state index in [2.05, 4.69) is 15.4 Å². The Labute approximate surface area is 140 Å². The molecule has 2 heterocycles. The summed E-state index contributed by atoms with van der Waals surface area (Å²) in [7, 11) is 0. The van der Waals surface area contributed by atoms with Crippen molar-refractivity contribution in [2.45, 2.75) is 32.7 Å². The number of carbonyl (C=O) groups is 1. The van der Waals surface area contributed by atoms with Gasteiger partial charge in [0, 0.05) is 5.70 Å².